The number of halogens is 2. The molecule has 3 heteroatoms. The molecule has 0 fully saturated rings. The molecule has 1 nitrogen and oxygen atoms in total. The van der Waals surface area contributed by atoms with E-state index >= 15 is 0 Å². The maximum absolute atomic E-state index is 5.91. The zero-order valence-electron chi connectivity index (χ0n) is 9.94. The Kier molecular flexibility index (Phi) is 3.33. The van der Waals surface area contributed by atoms with Gasteiger partial charge in [0.05, 0.1) is 12.5 Å². The molecule has 0 saturated heterocycles. The van der Waals surface area contributed by atoms with Crippen molar-refractivity contribution in [1.29, 1.82) is 0 Å². The van der Waals surface area contributed by atoms with E-state index in [9.17, 15) is 0 Å². The van der Waals surface area contributed by atoms with Crippen molar-refractivity contribution in [2.24, 2.45) is 0 Å². The number of furan rings is 1. The monoisotopic (exact) mass is 288 g/mol. The molecule has 1 aromatic heterocycles. The second kappa shape index (κ2) is 5.12. The topological polar surface area (TPSA) is 13.1 Å². The summed E-state index contributed by atoms with van der Waals surface area (Å²) in [5, 5.41) is 1.44. The standard InChI is InChI=1S/C16H10Cl2O/c17-13-5-1-11(2-6-13)15-9-19-10-16(15)12-3-7-14(18)8-4-12/h1-10H. The maximum Gasteiger partial charge on any atom is 0.0987 e. The van der Waals surface area contributed by atoms with Gasteiger partial charge in [0.2, 0.25) is 0 Å². The van der Waals surface area contributed by atoms with Gasteiger partial charge >= 0.3 is 0 Å². The van der Waals surface area contributed by atoms with Crippen LogP contribution in [0.2, 0.25) is 10.0 Å². The molecule has 0 radical (unpaired) electrons. The van der Waals surface area contributed by atoms with E-state index in [0.717, 1.165) is 32.3 Å². The highest BCUT2D eigenvalue weighted by Crippen LogP contribution is 2.34. The van der Waals surface area contributed by atoms with E-state index in [2.05, 4.69) is 0 Å². The van der Waals surface area contributed by atoms with E-state index < -0.39 is 0 Å². The molecule has 3 rings (SSSR count). The Morgan fingerprint density at radius 1 is 0.579 bits per heavy atom. The Bertz CT molecular complexity index is 622. The summed E-state index contributed by atoms with van der Waals surface area (Å²) in [6.07, 6.45) is 3.49. The van der Waals surface area contributed by atoms with Crippen molar-refractivity contribution in [3.05, 3.63) is 71.1 Å². The van der Waals surface area contributed by atoms with Crippen molar-refractivity contribution in [2.75, 3.05) is 0 Å². The number of hydrogen-bond acceptors (Lipinski definition) is 1. The van der Waals surface area contributed by atoms with Crippen LogP contribution in [0, 0.1) is 0 Å². The average Bonchev–Trinajstić information content (AvgIpc) is 2.90. The Hall–Kier alpha value is -1.70. The lowest BCUT2D eigenvalue weighted by Gasteiger charge is -2.03. The van der Waals surface area contributed by atoms with Crippen LogP contribution in [-0.2, 0) is 0 Å². The lowest BCUT2D eigenvalue weighted by molar-refractivity contribution is 0.569. The Morgan fingerprint density at radius 3 is 1.32 bits per heavy atom. The predicted molar refractivity (Wildman–Crippen MR) is 79.6 cm³/mol. The van der Waals surface area contributed by atoms with Gasteiger partial charge in [-0.15, -0.1) is 0 Å². The Labute approximate surface area is 121 Å². The minimum Gasteiger partial charge on any atom is -0.471 e. The molecule has 2 aromatic carbocycles. The normalized spacial score (nSPS) is 10.6. The SMILES string of the molecule is Clc1ccc(-c2cocc2-c2ccc(Cl)cc2)cc1. The number of hydrogen-bond donors (Lipinski definition) is 0. The molecule has 0 aliphatic rings. The summed E-state index contributed by atoms with van der Waals surface area (Å²) < 4.78 is 5.35. The van der Waals surface area contributed by atoms with Crippen LogP contribution in [0.25, 0.3) is 22.3 Å². The van der Waals surface area contributed by atoms with E-state index in [1.807, 2.05) is 48.5 Å². The van der Waals surface area contributed by atoms with E-state index in [1.54, 1.807) is 12.5 Å². The van der Waals surface area contributed by atoms with Gasteiger partial charge in [-0.2, -0.15) is 0 Å². The van der Waals surface area contributed by atoms with E-state index in [4.69, 9.17) is 27.6 Å². The van der Waals surface area contributed by atoms with Crippen molar-refractivity contribution < 1.29 is 4.42 Å². The smallest absolute Gasteiger partial charge is 0.0987 e. The molecule has 1 heterocycles. The highest BCUT2D eigenvalue weighted by molar-refractivity contribution is 6.31. The molecule has 0 saturated carbocycles. The summed E-state index contributed by atoms with van der Waals surface area (Å²) >= 11 is 11.8. The molecule has 0 N–H and O–H groups in total. The molecule has 19 heavy (non-hydrogen) atoms. The van der Waals surface area contributed by atoms with Gasteiger partial charge in [-0.25, -0.2) is 0 Å². The van der Waals surface area contributed by atoms with E-state index in [0.29, 0.717) is 0 Å². The first-order valence-electron chi connectivity index (χ1n) is 5.82. The second-order valence-electron chi connectivity index (χ2n) is 4.21. The van der Waals surface area contributed by atoms with Gasteiger partial charge in [-0.1, -0.05) is 47.5 Å². The zero-order chi connectivity index (χ0) is 13.2. The maximum atomic E-state index is 5.91. The summed E-state index contributed by atoms with van der Waals surface area (Å²) in [6.45, 7) is 0. The zero-order valence-corrected chi connectivity index (χ0v) is 11.4. The summed E-state index contributed by atoms with van der Waals surface area (Å²) in [7, 11) is 0. The lowest BCUT2D eigenvalue weighted by Crippen LogP contribution is -1.80. The largest absolute Gasteiger partial charge is 0.471 e. The molecule has 0 aliphatic carbocycles. The van der Waals surface area contributed by atoms with Crippen molar-refractivity contribution in [3.8, 4) is 22.3 Å². The molecule has 0 unspecified atom stereocenters. The first kappa shape index (κ1) is 12.3. The highest BCUT2D eigenvalue weighted by atomic mass is 35.5. The summed E-state index contributed by atoms with van der Waals surface area (Å²) in [5.41, 5.74) is 4.23. The van der Waals surface area contributed by atoms with Crippen LogP contribution in [0.1, 0.15) is 0 Å². The summed E-state index contributed by atoms with van der Waals surface area (Å²) in [6, 6.07) is 15.4. The third-order valence-corrected chi connectivity index (χ3v) is 3.48. The molecule has 94 valence electrons. The van der Waals surface area contributed by atoms with Gasteiger partial charge in [-0.05, 0) is 35.4 Å². The van der Waals surface area contributed by atoms with Gasteiger partial charge in [0.15, 0.2) is 0 Å². The second-order valence-corrected chi connectivity index (χ2v) is 5.09. The van der Waals surface area contributed by atoms with Gasteiger partial charge in [0.25, 0.3) is 0 Å². The molecule has 0 atom stereocenters. The number of rotatable bonds is 2. The van der Waals surface area contributed by atoms with Gasteiger partial charge in [-0.3, -0.25) is 0 Å². The lowest BCUT2D eigenvalue weighted by atomic mass is 9.99. The van der Waals surface area contributed by atoms with Crippen molar-refractivity contribution in [2.45, 2.75) is 0 Å². The Balaban J connectivity index is 2.07. The van der Waals surface area contributed by atoms with Gasteiger partial charge in [0, 0.05) is 21.2 Å². The van der Waals surface area contributed by atoms with Crippen LogP contribution in [-0.4, -0.2) is 0 Å². The van der Waals surface area contributed by atoms with Crippen LogP contribution in [0.15, 0.2) is 65.5 Å². The number of benzene rings is 2. The van der Waals surface area contributed by atoms with Gasteiger partial charge in [0.1, 0.15) is 0 Å². The highest BCUT2D eigenvalue weighted by Gasteiger charge is 2.09. The van der Waals surface area contributed by atoms with Crippen LogP contribution in [0.3, 0.4) is 0 Å². The molecular weight excluding hydrogens is 279 g/mol. The quantitative estimate of drug-likeness (QED) is 0.570. The molecule has 3 aromatic rings. The first-order valence-corrected chi connectivity index (χ1v) is 6.58. The van der Waals surface area contributed by atoms with Crippen molar-refractivity contribution >= 4 is 23.2 Å². The van der Waals surface area contributed by atoms with E-state index in [-0.39, 0.29) is 0 Å². The summed E-state index contributed by atoms with van der Waals surface area (Å²) in [5.74, 6) is 0. The average molecular weight is 289 g/mol. The Morgan fingerprint density at radius 2 is 0.947 bits per heavy atom. The third-order valence-electron chi connectivity index (χ3n) is 2.97. The minimum absolute atomic E-state index is 0.722. The predicted octanol–water partition coefficient (Wildman–Crippen LogP) is 5.92. The first-order chi connectivity index (χ1) is 9.24. The molecule has 0 spiro atoms. The van der Waals surface area contributed by atoms with Crippen LogP contribution in [0.5, 0.6) is 0 Å². The molecular formula is C16H10Cl2O. The fraction of sp³-hybridized carbons (Fsp3) is 0. The van der Waals surface area contributed by atoms with Crippen LogP contribution >= 0.6 is 23.2 Å². The van der Waals surface area contributed by atoms with Gasteiger partial charge < -0.3 is 4.42 Å². The van der Waals surface area contributed by atoms with Crippen molar-refractivity contribution in [3.63, 3.8) is 0 Å². The van der Waals surface area contributed by atoms with Crippen molar-refractivity contribution in [1.82, 2.24) is 0 Å². The summed E-state index contributed by atoms with van der Waals surface area (Å²) in [4.78, 5) is 0. The fourth-order valence-corrected chi connectivity index (χ4v) is 2.26. The molecule has 0 bridgehead atoms. The minimum atomic E-state index is 0.722. The van der Waals surface area contributed by atoms with Crippen LogP contribution < -0.4 is 0 Å². The molecule has 0 amide bonds. The van der Waals surface area contributed by atoms with Crippen LogP contribution in [0.4, 0.5) is 0 Å². The third kappa shape index (κ3) is 2.53. The fourth-order valence-electron chi connectivity index (χ4n) is 2.00. The molecule has 0 aliphatic heterocycles. The van der Waals surface area contributed by atoms with E-state index in [1.165, 1.54) is 0 Å².